The number of alkyl halides is 3. The van der Waals surface area contributed by atoms with E-state index in [2.05, 4.69) is 4.74 Å². The van der Waals surface area contributed by atoms with Crippen LogP contribution in [0.1, 0.15) is 43.7 Å². The van der Waals surface area contributed by atoms with Crippen molar-refractivity contribution in [1.82, 2.24) is 4.90 Å². The monoisotopic (exact) mass is 329 g/mol. The summed E-state index contributed by atoms with van der Waals surface area (Å²) in [6.07, 6.45) is -0.403. The largest absolute Gasteiger partial charge is 0.573 e. The highest BCUT2D eigenvalue weighted by molar-refractivity contribution is 5.76. The Morgan fingerprint density at radius 3 is 2.52 bits per heavy atom. The molecule has 0 spiro atoms. The minimum atomic E-state index is -4.72. The van der Waals surface area contributed by atoms with Crippen molar-refractivity contribution in [2.45, 2.75) is 51.8 Å². The van der Waals surface area contributed by atoms with Gasteiger partial charge in [-0.05, 0) is 49.3 Å². The predicted octanol–water partition coefficient (Wildman–Crippen LogP) is 4.09. The summed E-state index contributed by atoms with van der Waals surface area (Å²) in [4.78, 5) is 14.0. The van der Waals surface area contributed by atoms with E-state index in [1.807, 2.05) is 6.92 Å². The molecule has 0 radical (unpaired) electrons. The average molecular weight is 329 g/mol. The Morgan fingerprint density at radius 2 is 1.91 bits per heavy atom. The Bertz CT molecular complexity index is 537. The number of likely N-dealkylation sites (tertiary alicyclic amines) is 1. The average Bonchev–Trinajstić information content (AvgIpc) is 2.53. The van der Waals surface area contributed by atoms with E-state index < -0.39 is 6.36 Å². The number of amides is 1. The van der Waals surface area contributed by atoms with Crippen molar-refractivity contribution >= 4 is 5.91 Å². The van der Waals surface area contributed by atoms with Crippen LogP contribution in [0.2, 0.25) is 0 Å². The Hall–Kier alpha value is -1.72. The minimum absolute atomic E-state index is 0.00422. The van der Waals surface area contributed by atoms with Crippen molar-refractivity contribution in [3.05, 3.63) is 29.3 Å². The van der Waals surface area contributed by atoms with Gasteiger partial charge < -0.3 is 9.64 Å². The van der Waals surface area contributed by atoms with Crippen LogP contribution in [0, 0.1) is 0 Å². The fourth-order valence-corrected chi connectivity index (χ4v) is 2.82. The SMILES string of the molecule is CCc1ccc(OC(F)(F)F)c(CCC(=O)N2CCCCC2)c1. The summed E-state index contributed by atoms with van der Waals surface area (Å²) >= 11 is 0. The number of ether oxygens (including phenoxy) is 1. The summed E-state index contributed by atoms with van der Waals surface area (Å²) in [6, 6.07) is 4.66. The molecule has 1 fully saturated rings. The number of carbonyl (C=O) groups excluding carboxylic acids is 1. The Balaban J connectivity index is 2.05. The number of rotatable bonds is 5. The van der Waals surface area contributed by atoms with E-state index in [-0.39, 0.29) is 24.5 Å². The molecule has 128 valence electrons. The summed E-state index contributed by atoms with van der Waals surface area (Å²) in [6.45, 7) is 3.43. The molecule has 0 unspecified atom stereocenters. The van der Waals surface area contributed by atoms with Gasteiger partial charge in [0.1, 0.15) is 5.75 Å². The number of piperidine rings is 1. The zero-order chi connectivity index (χ0) is 16.9. The summed E-state index contributed by atoms with van der Waals surface area (Å²) < 4.78 is 41.6. The van der Waals surface area contributed by atoms with Gasteiger partial charge in [0.05, 0.1) is 0 Å². The molecule has 1 aromatic carbocycles. The lowest BCUT2D eigenvalue weighted by atomic mass is 10.0. The van der Waals surface area contributed by atoms with Gasteiger partial charge in [0.2, 0.25) is 5.91 Å². The van der Waals surface area contributed by atoms with Gasteiger partial charge in [-0.25, -0.2) is 0 Å². The lowest BCUT2D eigenvalue weighted by molar-refractivity contribution is -0.274. The van der Waals surface area contributed by atoms with Crippen molar-refractivity contribution in [1.29, 1.82) is 0 Å². The zero-order valence-electron chi connectivity index (χ0n) is 13.3. The molecule has 0 bridgehead atoms. The van der Waals surface area contributed by atoms with Gasteiger partial charge in [0, 0.05) is 19.5 Å². The number of aryl methyl sites for hydroxylation is 2. The quantitative estimate of drug-likeness (QED) is 0.814. The van der Waals surface area contributed by atoms with E-state index in [0.29, 0.717) is 5.56 Å². The molecule has 0 saturated carbocycles. The van der Waals surface area contributed by atoms with E-state index >= 15 is 0 Å². The Morgan fingerprint density at radius 1 is 1.22 bits per heavy atom. The van der Waals surface area contributed by atoms with Crippen LogP contribution in [0.15, 0.2) is 18.2 Å². The molecule has 1 saturated heterocycles. The smallest absolute Gasteiger partial charge is 0.406 e. The Kier molecular flexibility index (Phi) is 5.91. The van der Waals surface area contributed by atoms with Gasteiger partial charge in [0.25, 0.3) is 0 Å². The summed E-state index contributed by atoms with van der Waals surface area (Å²) in [5.74, 6) is -0.203. The lowest BCUT2D eigenvalue weighted by Crippen LogP contribution is -2.35. The van der Waals surface area contributed by atoms with Crippen molar-refractivity contribution in [3.8, 4) is 5.75 Å². The number of hydrogen-bond donors (Lipinski definition) is 0. The van der Waals surface area contributed by atoms with Gasteiger partial charge in [0.15, 0.2) is 0 Å². The second-order valence-electron chi connectivity index (χ2n) is 5.78. The van der Waals surface area contributed by atoms with E-state index in [0.717, 1.165) is 44.3 Å². The van der Waals surface area contributed by atoms with Crippen LogP contribution in [0.4, 0.5) is 13.2 Å². The van der Waals surface area contributed by atoms with Gasteiger partial charge in [-0.15, -0.1) is 13.2 Å². The molecule has 1 aliphatic heterocycles. The number of halogens is 3. The van der Waals surface area contributed by atoms with Crippen LogP contribution in [-0.4, -0.2) is 30.3 Å². The topological polar surface area (TPSA) is 29.5 Å². The molecule has 2 rings (SSSR count). The van der Waals surface area contributed by atoms with Crippen molar-refractivity contribution in [2.24, 2.45) is 0 Å². The normalized spacial score (nSPS) is 15.6. The first-order valence-corrected chi connectivity index (χ1v) is 8.04. The first-order valence-electron chi connectivity index (χ1n) is 8.04. The highest BCUT2D eigenvalue weighted by atomic mass is 19.4. The number of nitrogens with zero attached hydrogens (tertiary/aromatic N) is 1. The van der Waals surface area contributed by atoms with Crippen LogP contribution < -0.4 is 4.74 Å². The number of benzene rings is 1. The summed E-state index contributed by atoms with van der Waals surface area (Å²) in [5.41, 5.74) is 1.37. The molecule has 1 aliphatic rings. The molecule has 0 atom stereocenters. The molecule has 0 aliphatic carbocycles. The molecule has 1 aromatic rings. The lowest BCUT2D eigenvalue weighted by Gasteiger charge is -2.26. The summed E-state index contributed by atoms with van der Waals surface area (Å²) in [5, 5.41) is 0. The van der Waals surface area contributed by atoms with Crippen molar-refractivity contribution in [2.75, 3.05) is 13.1 Å². The number of carbonyl (C=O) groups is 1. The third-order valence-corrected chi connectivity index (χ3v) is 4.08. The molecular formula is C17H22F3NO2. The number of hydrogen-bond acceptors (Lipinski definition) is 2. The molecule has 6 heteroatoms. The molecule has 1 amide bonds. The molecule has 1 heterocycles. The van der Waals surface area contributed by atoms with Gasteiger partial charge in [-0.2, -0.15) is 0 Å². The molecule has 23 heavy (non-hydrogen) atoms. The first-order chi connectivity index (χ1) is 10.9. The second kappa shape index (κ2) is 7.70. The highest BCUT2D eigenvalue weighted by Crippen LogP contribution is 2.28. The van der Waals surface area contributed by atoms with E-state index in [1.54, 1.807) is 17.0 Å². The summed E-state index contributed by atoms with van der Waals surface area (Å²) in [7, 11) is 0. The standard InChI is InChI=1S/C17H22F3NO2/c1-2-13-6-8-15(23-17(18,19)20)14(12-13)7-9-16(22)21-10-4-3-5-11-21/h6,8,12H,2-5,7,9-11H2,1H3. The zero-order valence-corrected chi connectivity index (χ0v) is 13.3. The fourth-order valence-electron chi connectivity index (χ4n) is 2.82. The third kappa shape index (κ3) is 5.44. The van der Waals surface area contributed by atoms with E-state index in [1.165, 1.54) is 6.07 Å². The van der Waals surface area contributed by atoms with Crippen LogP contribution in [0.25, 0.3) is 0 Å². The first kappa shape index (κ1) is 17.6. The van der Waals surface area contributed by atoms with E-state index in [9.17, 15) is 18.0 Å². The van der Waals surface area contributed by atoms with Gasteiger partial charge in [-0.3, -0.25) is 4.79 Å². The van der Waals surface area contributed by atoms with Crippen molar-refractivity contribution < 1.29 is 22.7 Å². The third-order valence-electron chi connectivity index (χ3n) is 4.08. The highest BCUT2D eigenvalue weighted by Gasteiger charge is 2.32. The predicted molar refractivity (Wildman–Crippen MR) is 81.3 cm³/mol. The second-order valence-corrected chi connectivity index (χ2v) is 5.78. The molecule has 0 N–H and O–H groups in total. The maximum atomic E-state index is 12.5. The van der Waals surface area contributed by atoms with E-state index in [4.69, 9.17) is 0 Å². The molecule has 3 nitrogen and oxygen atoms in total. The maximum Gasteiger partial charge on any atom is 0.573 e. The van der Waals surface area contributed by atoms with Crippen LogP contribution >= 0.6 is 0 Å². The fraction of sp³-hybridized carbons (Fsp3) is 0.588. The maximum absolute atomic E-state index is 12.5. The molecule has 0 aromatic heterocycles. The van der Waals surface area contributed by atoms with Gasteiger partial charge >= 0.3 is 6.36 Å². The van der Waals surface area contributed by atoms with Crippen molar-refractivity contribution in [3.63, 3.8) is 0 Å². The Labute approximate surface area is 134 Å². The minimum Gasteiger partial charge on any atom is -0.406 e. The van der Waals surface area contributed by atoms with Crippen LogP contribution in [0.5, 0.6) is 5.75 Å². The van der Waals surface area contributed by atoms with Gasteiger partial charge in [-0.1, -0.05) is 19.1 Å². The van der Waals surface area contributed by atoms with Crippen LogP contribution in [-0.2, 0) is 17.6 Å². The molecular weight excluding hydrogens is 307 g/mol. The van der Waals surface area contributed by atoms with Crippen LogP contribution in [0.3, 0.4) is 0 Å².